The monoisotopic (exact) mass is 361 g/mol. The maximum atomic E-state index is 13.0. The average Bonchev–Trinajstić information content (AvgIpc) is 2.67. The summed E-state index contributed by atoms with van der Waals surface area (Å²) < 4.78 is 0. The van der Waals surface area contributed by atoms with Crippen molar-refractivity contribution in [2.75, 3.05) is 14.1 Å². The van der Waals surface area contributed by atoms with Crippen LogP contribution in [0.3, 0.4) is 0 Å². The minimum atomic E-state index is -0.401. The molecule has 4 rings (SSSR count). The van der Waals surface area contributed by atoms with E-state index >= 15 is 0 Å². The van der Waals surface area contributed by atoms with Gasteiger partial charge >= 0.3 is 0 Å². The lowest BCUT2D eigenvalue weighted by molar-refractivity contribution is 0.0899. The molecule has 1 amide bonds. The van der Waals surface area contributed by atoms with Crippen molar-refractivity contribution >= 4 is 38.7 Å². The predicted molar refractivity (Wildman–Crippen MR) is 105 cm³/mol. The van der Waals surface area contributed by atoms with Gasteiger partial charge in [-0.1, -0.05) is 24.3 Å². The van der Waals surface area contributed by atoms with Gasteiger partial charge in [0.1, 0.15) is 22.3 Å². The van der Waals surface area contributed by atoms with E-state index in [0.717, 1.165) is 5.39 Å². The van der Waals surface area contributed by atoms with Gasteiger partial charge in [-0.15, -0.1) is 0 Å². The normalized spacial score (nSPS) is 12.7. The summed E-state index contributed by atoms with van der Waals surface area (Å²) >= 11 is 0. The van der Waals surface area contributed by atoms with Crippen LogP contribution in [0.4, 0.5) is 0 Å². The molecule has 0 bridgehead atoms. The second-order valence-corrected chi connectivity index (χ2v) is 6.67. The summed E-state index contributed by atoms with van der Waals surface area (Å²) in [5.41, 5.74) is 2.30. The first-order valence-electron chi connectivity index (χ1n) is 8.60. The van der Waals surface area contributed by atoms with Gasteiger partial charge in [-0.3, -0.25) is 14.7 Å². The number of benzene rings is 2. The Balaban J connectivity index is 2.07. The molecule has 7 nitrogen and oxygen atoms in total. The van der Waals surface area contributed by atoms with Crippen molar-refractivity contribution in [3.05, 3.63) is 48.3 Å². The van der Waals surface area contributed by atoms with Gasteiger partial charge < -0.3 is 10.4 Å². The number of hydrogen-bond acceptors (Lipinski definition) is 6. The van der Waals surface area contributed by atoms with E-state index in [2.05, 4.69) is 15.3 Å². The van der Waals surface area contributed by atoms with Crippen LogP contribution in [0.1, 0.15) is 17.3 Å². The maximum absolute atomic E-state index is 13.0. The number of aromatic nitrogens is 3. The molecule has 1 atom stereocenters. The second kappa shape index (κ2) is 6.44. The third-order valence-electron chi connectivity index (χ3n) is 4.72. The smallest absolute Gasteiger partial charge is 0.258 e. The first kappa shape index (κ1) is 17.1. The third-order valence-corrected chi connectivity index (χ3v) is 4.72. The molecule has 0 saturated heterocycles. The van der Waals surface area contributed by atoms with E-state index in [0.29, 0.717) is 27.5 Å². The molecule has 136 valence electrons. The highest BCUT2D eigenvalue weighted by molar-refractivity contribution is 6.19. The number of fused-ring (bicyclic) bond motifs is 4. The Morgan fingerprint density at radius 1 is 1.07 bits per heavy atom. The van der Waals surface area contributed by atoms with Gasteiger partial charge in [0.25, 0.3) is 5.91 Å². The van der Waals surface area contributed by atoms with Crippen molar-refractivity contribution in [1.29, 1.82) is 0 Å². The van der Waals surface area contributed by atoms with E-state index in [4.69, 9.17) is 4.98 Å². The number of aromatic hydroxyl groups is 1. The number of carbonyl (C=O) groups excluding carboxylic acids is 1. The number of phenolic OH excluding ortho intramolecular Hbond substituents is 1. The molecule has 2 aromatic carbocycles. The van der Waals surface area contributed by atoms with E-state index in [1.54, 1.807) is 24.5 Å². The number of rotatable bonds is 3. The van der Waals surface area contributed by atoms with Crippen LogP contribution in [0.2, 0.25) is 0 Å². The van der Waals surface area contributed by atoms with Gasteiger partial charge in [-0.25, -0.2) is 9.97 Å². The van der Waals surface area contributed by atoms with E-state index in [1.807, 2.05) is 44.1 Å². The molecule has 27 heavy (non-hydrogen) atoms. The molecule has 2 aromatic heterocycles. The molecule has 0 fully saturated rings. The Kier molecular flexibility index (Phi) is 4.08. The number of amides is 1. The highest BCUT2D eigenvalue weighted by atomic mass is 16.3. The highest BCUT2D eigenvalue weighted by Gasteiger charge is 2.23. The van der Waals surface area contributed by atoms with Crippen molar-refractivity contribution in [2.45, 2.75) is 13.1 Å². The first-order valence-corrected chi connectivity index (χ1v) is 8.60. The van der Waals surface area contributed by atoms with Crippen LogP contribution in [0.15, 0.2) is 42.7 Å². The number of carbonyl (C=O) groups is 1. The number of nitrogens with one attached hydrogen (secondary N) is 1. The number of phenols is 1. The third kappa shape index (κ3) is 2.82. The van der Waals surface area contributed by atoms with Crippen LogP contribution >= 0.6 is 0 Å². The molecular weight excluding hydrogens is 342 g/mol. The van der Waals surface area contributed by atoms with Crippen LogP contribution in [0, 0.1) is 0 Å². The Labute approximate surface area is 155 Å². The topological polar surface area (TPSA) is 91.2 Å². The Morgan fingerprint density at radius 3 is 2.52 bits per heavy atom. The van der Waals surface area contributed by atoms with Crippen molar-refractivity contribution in [2.24, 2.45) is 0 Å². The molecule has 0 saturated carbocycles. The van der Waals surface area contributed by atoms with Gasteiger partial charge in [-0.2, -0.15) is 0 Å². The summed E-state index contributed by atoms with van der Waals surface area (Å²) in [6.45, 7) is 1.86. The lowest BCUT2D eigenvalue weighted by Gasteiger charge is -2.22. The zero-order valence-corrected chi connectivity index (χ0v) is 15.3. The van der Waals surface area contributed by atoms with Crippen LogP contribution in [0.25, 0.3) is 32.8 Å². The molecule has 4 aromatic rings. The van der Waals surface area contributed by atoms with Crippen molar-refractivity contribution in [3.63, 3.8) is 0 Å². The summed E-state index contributed by atoms with van der Waals surface area (Å²) in [5, 5.41) is 15.1. The van der Waals surface area contributed by atoms with E-state index in [1.165, 1.54) is 0 Å². The van der Waals surface area contributed by atoms with Crippen LogP contribution in [-0.4, -0.2) is 51.1 Å². The van der Waals surface area contributed by atoms with Gasteiger partial charge in [0.15, 0.2) is 0 Å². The average molecular weight is 361 g/mol. The zero-order valence-electron chi connectivity index (χ0n) is 15.3. The summed E-state index contributed by atoms with van der Waals surface area (Å²) in [6, 6.07) is 9.10. The number of nitrogens with zero attached hydrogens (tertiary/aromatic N) is 4. The zero-order chi connectivity index (χ0) is 19.1. The summed E-state index contributed by atoms with van der Waals surface area (Å²) in [6.07, 6.45) is 3.03. The molecule has 0 aliphatic carbocycles. The van der Waals surface area contributed by atoms with Gasteiger partial charge in [0.05, 0.1) is 23.4 Å². The SMILES string of the molecule is CC(NC(=O)c1c(O)c2ccccc2c2nc3ccncc3nc12)N(C)C. The molecule has 7 heteroatoms. The Bertz CT molecular complexity index is 1190. The molecule has 2 N–H and O–H groups in total. The van der Waals surface area contributed by atoms with Crippen molar-refractivity contribution < 1.29 is 9.90 Å². The molecular formula is C20H19N5O2. The number of hydrogen-bond donors (Lipinski definition) is 2. The second-order valence-electron chi connectivity index (χ2n) is 6.67. The van der Waals surface area contributed by atoms with Gasteiger partial charge in [0, 0.05) is 17.0 Å². The van der Waals surface area contributed by atoms with Gasteiger partial charge in [-0.05, 0) is 27.1 Å². The Hall–Kier alpha value is -3.32. The van der Waals surface area contributed by atoms with Crippen molar-refractivity contribution in [3.8, 4) is 5.75 Å². The molecule has 2 heterocycles. The molecule has 0 aliphatic rings. The fourth-order valence-electron chi connectivity index (χ4n) is 3.02. The largest absolute Gasteiger partial charge is 0.506 e. The van der Waals surface area contributed by atoms with Crippen LogP contribution < -0.4 is 5.32 Å². The molecule has 1 unspecified atom stereocenters. The minimum Gasteiger partial charge on any atom is -0.506 e. The molecule has 0 aliphatic heterocycles. The minimum absolute atomic E-state index is 0.0981. The fourth-order valence-corrected chi connectivity index (χ4v) is 3.02. The molecule has 0 spiro atoms. The maximum Gasteiger partial charge on any atom is 0.258 e. The summed E-state index contributed by atoms with van der Waals surface area (Å²) in [7, 11) is 3.73. The lowest BCUT2D eigenvalue weighted by Crippen LogP contribution is -2.42. The standard InChI is InChI=1S/C20H19N5O2/c1-11(25(2)3)22-20(27)16-18-17(12-6-4-5-7-13(12)19(16)26)23-14-8-9-21-10-15(14)24-18/h4-11,26H,1-3H3,(H,22,27). The van der Waals surface area contributed by atoms with E-state index in [9.17, 15) is 9.90 Å². The fraction of sp³-hybridized carbons (Fsp3) is 0.200. The van der Waals surface area contributed by atoms with Gasteiger partial charge in [0.2, 0.25) is 0 Å². The summed E-state index contributed by atoms with van der Waals surface area (Å²) in [5.74, 6) is -0.499. The highest BCUT2D eigenvalue weighted by Crippen LogP contribution is 2.36. The van der Waals surface area contributed by atoms with Crippen molar-refractivity contribution in [1.82, 2.24) is 25.2 Å². The van der Waals surface area contributed by atoms with E-state index < -0.39 is 5.91 Å². The quantitative estimate of drug-likeness (QED) is 0.331. The Morgan fingerprint density at radius 2 is 1.78 bits per heavy atom. The number of pyridine rings is 1. The van der Waals surface area contributed by atoms with E-state index in [-0.39, 0.29) is 17.5 Å². The lowest BCUT2D eigenvalue weighted by atomic mass is 10.0. The predicted octanol–water partition coefficient (Wildman–Crippen LogP) is 2.67. The molecule has 0 radical (unpaired) electrons. The first-order chi connectivity index (χ1) is 13.0. The van der Waals surface area contributed by atoms with Crippen LogP contribution in [-0.2, 0) is 0 Å². The summed E-state index contributed by atoms with van der Waals surface area (Å²) in [4.78, 5) is 28.2. The van der Waals surface area contributed by atoms with Crippen LogP contribution in [0.5, 0.6) is 5.75 Å².